The first-order chi connectivity index (χ1) is 10.5. The van der Waals surface area contributed by atoms with E-state index in [-0.39, 0.29) is 5.41 Å². The number of rotatable bonds is 2. The van der Waals surface area contributed by atoms with Crippen LogP contribution >= 0.6 is 27.5 Å². The Morgan fingerprint density at radius 3 is 3.09 bits per heavy atom. The molecule has 2 atom stereocenters. The highest BCUT2D eigenvalue weighted by Crippen LogP contribution is 2.54. The number of hydrogen-bond donors (Lipinski definition) is 2. The minimum atomic E-state index is -0.740. The molecular weight excluding hydrogens is 368 g/mol. The van der Waals surface area contributed by atoms with E-state index >= 15 is 0 Å². The smallest absolute Gasteiger partial charge is 0.131 e. The molecule has 1 spiro atoms. The molecule has 0 radical (unpaired) electrons. The highest BCUT2D eigenvalue weighted by molar-refractivity contribution is 9.10. The minimum absolute atomic E-state index is 0.140. The highest BCUT2D eigenvalue weighted by Gasteiger charge is 2.52. The molecule has 2 aromatic rings. The SMILES string of the molecule is O[C@@]1(Cn2ccnc2)CC[C@@]2(CNc3ncc(Br)c(Cl)c32)C1. The lowest BCUT2D eigenvalue weighted by Crippen LogP contribution is -2.35. The van der Waals surface area contributed by atoms with E-state index in [2.05, 4.69) is 31.2 Å². The standard InChI is InChI=1S/C15H16BrClN4O/c16-10-5-19-13-11(12(10)17)14(7-20-13)1-2-15(22,6-14)8-21-4-3-18-9-21/h3-5,9,22H,1-2,6-8H2,(H,19,20)/t14-,15-/m0/s1. The molecular formula is C15H16BrClN4O. The third-order valence-electron chi connectivity index (χ3n) is 4.87. The molecule has 4 rings (SSSR count). The van der Waals surface area contributed by atoms with Crippen LogP contribution in [-0.4, -0.2) is 31.8 Å². The Kier molecular flexibility index (Phi) is 3.25. The predicted octanol–water partition coefficient (Wildman–Crippen LogP) is 2.97. The van der Waals surface area contributed by atoms with Crippen molar-refractivity contribution in [1.82, 2.24) is 14.5 Å². The van der Waals surface area contributed by atoms with Gasteiger partial charge in [-0.15, -0.1) is 0 Å². The number of pyridine rings is 1. The fourth-order valence-electron chi connectivity index (χ4n) is 3.92. The third-order valence-corrected chi connectivity index (χ3v) is 6.09. The first-order valence-electron chi connectivity index (χ1n) is 7.28. The Morgan fingerprint density at radius 1 is 1.45 bits per heavy atom. The molecule has 1 fully saturated rings. The van der Waals surface area contributed by atoms with Crippen molar-refractivity contribution in [1.29, 1.82) is 0 Å². The number of nitrogens with zero attached hydrogens (tertiary/aromatic N) is 3. The Hall–Kier alpha value is -1.11. The largest absolute Gasteiger partial charge is 0.388 e. The number of aromatic nitrogens is 3. The molecule has 1 aliphatic heterocycles. The van der Waals surface area contributed by atoms with Crippen molar-refractivity contribution in [3.8, 4) is 0 Å². The predicted molar refractivity (Wildman–Crippen MR) is 88.1 cm³/mol. The fourth-order valence-corrected chi connectivity index (χ4v) is 4.56. The van der Waals surface area contributed by atoms with Gasteiger partial charge in [-0.3, -0.25) is 0 Å². The second kappa shape index (κ2) is 4.94. The number of fused-ring (bicyclic) bond motifs is 2. The molecule has 0 unspecified atom stereocenters. The molecule has 0 bridgehead atoms. The number of imidazole rings is 1. The van der Waals surface area contributed by atoms with Gasteiger partial charge in [0.25, 0.3) is 0 Å². The molecule has 2 N–H and O–H groups in total. The number of nitrogens with one attached hydrogen (secondary N) is 1. The van der Waals surface area contributed by atoms with E-state index in [4.69, 9.17) is 11.6 Å². The topological polar surface area (TPSA) is 63.0 Å². The summed E-state index contributed by atoms with van der Waals surface area (Å²) in [4.78, 5) is 8.47. The summed E-state index contributed by atoms with van der Waals surface area (Å²) in [6.45, 7) is 1.33. The fraction of sp³-hybridized carbons (Fsp3) is 0.467. The van der Waals surface area contributed by atoms with Gasteiger partial charge in [0.05, 0.1) is 28.0 Å². The van der Waals surface area contributed by atoms with Crippen LogP contribution in [0.2, 0.25) is 5.02 Å². The van der Waals surface area contributed by atoms with Gasteiger partial charge in [0.1, 0.15) is 5.82 Å². The summed E-state index contributed by atoms with van der Waals surface area (Å²) < 4.78 is 2.74. The summed E-state index contributed by atoms with van der Waals surface area (Å²) in [5.41, 5.74) is 0.166. The second-order valence-electron chi connectivity index (χ2n) is 6.41. The third kappa shape index (κ3) is 2.16. The van der Waals surface area contributed by atoms with Crippen LogP contribution in [0.4, 0.5) is 5.82 Å². The summed E-state index contributed by atoms with van der Waals surface area (Å²) >= 11 is 9.98. The van der Waals surface area contributed by atoms with E-state index in [9.17, 15) is 5.11 Å². The molecule has 0 aromatic carbocycles. The normalized spacial score (nSPS) is 29.8. The Bertz CT molecular complexity index is 723. The quantitative estimate of drug-likeness (QED) is 0.837. The Morgan fingerprint density at radius 2 is 2.32 bits per heavy atom. The van der Waals surface area contributed by atoms with E-state index in [1.54, 1.807) is 18.7 Å². The zero-order valence-electron chi connectivity index (χ0n) is 11.9. The lowest BCUT2D eigenvalue weighted by Gasteiger charge is -2.28. The molecule has 0 amide bonds. The first kappa shape index (κ1) is 14.5. The highest BCUT2D eigenvalue weighted by atomic mass is 79.9. The van der Waals surface area contributed by atoms with Gasteiger partial charge < -0.3 is 15.0 Å². The molecule has 2 aliphatic rings. The molecule has 2 aromatic heterocycles. The van der Waals surface area contributed by atoms with E-state index in [1.165, 1.54) is 0 Å². The number of halogens is 2. The van der Waals surface area contributed by atoms with Gasteiger partial charge in [0.2, 0.25) is 0 Å². The van der Waals surface area contributed by atoms with Crippen molar-refractivity contribution >= 4 is 33.3 Å². The number of hydrogen-bond acceptors (Lipinski definition) is 4. The van der Waals surface area contributed by atoms with E-state index in [0.29, 0.717) is 18.0 Å². The molecule has 22 heavy (non-hydrogen) atoms. The average Bonchev–Trinajstić information content (AvgIpc) is 3.17. The lowest BCUT2D eigenvalue weighted by atomic mass is 9.80. The van der Waals surface area contributed by atoms with Gasteiger partial charge in [0.15, 0.2) is 0 Å². The van der Waals surface area contributed by atoms with Crippen LogP contribution in [-0.2, 0) is 12.0 Å². The summed E-state index contributed by atoms with van der Waals surface area (Å²) in [6.07, 6.45) is 9.41. The molecule has 5 nitrogen and oxygen atoms in total. The van der Waals surface area contributed by atoms with Crippen molar-refractivity contribution in [2.24, 2.45) is 0 Å². The Labute approximate surface area is 141 Å². The minimum Gasteiger partial charge on any atom is -0.388 e. The summed E-state index contributed by atoms with van der Waals surface area (Å²) in [7, 11) is 0. The van der Waals surface area contributed by atoms with Crippen molar-refractivity contribution in [2.45, 2.75) is 36.8 Å². The lowest BCUT2D eigenvalue weighted by molar-refractivity contribution is 0.0244. The molecule has 3 heterocycles. The van der Waals surface area contributed by atoms with Gasteiger partial charge >= 0.3 is 0 Å². The monoisotopic (exact) mass is 382 g/mol. The van der Waals surface area contributed by atoms with Crippen LogP contribution in [0.3, 0.4) is 0 Å². The van der Waals surface area contributed by atoms with E-state index in [0.717, 1.165) is 35.2 Å². The van der Waals surface area contributed by atoms with Gasteiger partial charge in [0, 0.05) is 36.1 Å². The van der Waals surface area contributed by atoms with Gasteiger partial charge in [-0.1, -0.05) is 11.6 Å². The number of anilines is 1. The molecule has 7 heteroatoms. The van der Waals surface area contributed by atoms with E-state index < -0.39 is 5.60 Å². The van der Waals surface area contributed by atoms with Crippen LogP contribution in [0.15, 0.2) is 29.4 Å². The maximum absolute atomic E-state index is 11.0. The maximum atomic E-state index is 11.0. The van der Waals surface area contributed by atoms with Crippen molar-refractivity contribution in [3.05, 3.63) is 40.0 Å². The first-order valence-corrected chi connectivity index (χ1v) is 8.45. The molecule has 116 valence electrons. The molecule has 1 aliphatic carbocycles. The zero-order chi connectivity index (χ0) is 15.4. The van der Waals surface area contributed by atoms with Gasteiger partial charge in [-0.05, 0) is 35.2 Å². The second-order valence-corrected chi connectivity index (χ2v) is 7.65. The van der Waals surface area contributed by atoms with Crippen LogP contribution in [0, 0.1) is 0 Å². The van der Waals surface area contributed by atoms with Crippen molar-refractivity contribution in [3.63, 3.8) is 0 Å². The maximum Gasteiger partial charge on any atom is 0.131 e. The van der Waals surface area contributed by atoms with Gasteiger partial charge in [-0.2, -0.15) is 0 Å². The van der Waals surface area contributed by atoms with Crippen LogP contribution in [0.1, 0.15) is 24.8 Å². The van der Waals surface area contributed by atoms with Gasteiger partial charge in [-0.25, -0.2) is 9.97 Å². The van der Waals surface area contributed by atoms with Crippen LogP contribution in [0.25, 0.3) is 0 Å². The van der Waals surface area contributed by atoms with Crippen LogP contribution < -0.4 is 5.32 Å². The summed E-state index contributed by atoms with van der Waals surface area (Å²) in [5.74, 6) is 0.847. The van der Waals surface area contributed by atoms with Crippen LogP contribution in [0.5, 0.6) is 0 Å². The number of aliphatic hydroxyl groups is 1. The average molecular weight is 384 g/mol. The summed E-state index contributed by atoms with van der Waals surface area (Å²) in [5, 5.41) is 15.1. The van der Waals surface area contributed by atoms with Crippen molar-refractivity contribution in [2.75, 3.05) is 11.9 Å². The summed E-state index contributed by atoms with van der Waals surface area (Å²) in [6, 6.07) is 0. The Balaban J connectivity index is 1.68. The molecule has 0 saturated heterocycles. The van der Waals surface area contributed by atoms with E-state index in [1.807, 2.05) is 10.8 Å². The zero-order valence-corrected chi connectivity index (χ0v) is 14.2. The van der Waals surface area contributed by atoms with Crippen molar-refractivity contribution < 1.29 is 5.11 Å². The molecule has 1 saturated carbocycles.